The fraction of sp³-hybridized carbons (Fsp3) is 0.667. The first-order valence-electron chi connectivity index (χ1n) is 3.03. The molecule has 1 N–H and O–H groups in total. The van der Waals surface area contributed by atoms with Crippen LogP contribution in [0.25, 0.3) is 0 Å². The summed E-state index contributed by atoms with van der Waals surface area (Å²) in [5.41, 5.74) is 0. The van der Waals surface area contributed by atoms with Gasteiger partial charge in [-0.25, -0.2) is 4.79 Å². The Labute approximate surface area is 59.7 Å². The number of hydrogen-bond acceptors (Lipinski definition) is 4. The van der Waals surface area contributed by atoms with Gasteiger partial charge in [0.2, 0.25) is 0 Å². The number of aliphatic hydroxyl groups excluding tert-OH is 1. The van der Waals surface area contributed by atoms with Gasteiger partial charge in [0.05, 0.1) is 6.61 Å². The van der Waals surface area contributed by atoms with Gasteiger partial charge in [-0.15, -0.1) is 0 Å². The molecule has 0 aliphatic heterocycles. The number of carbonyl (C=O) groups excluding carboxylic acids is 1. The van der Waals surface area contributed by atoms with Crippen molar-refractivity contribution >= 4 is 6.16 Å². The molecule has 0 aromatic rings. The standard InChI is InChI=1S/C6H11O4/c1-2-9-6(8)10-5-3-4-7/h2,7H,3-5H2,1H3. The topological polar surface area (TPSA) is 55.8 Å². The van der Waals surface area contributed by atoms with Crippen LogP contribution >= 0.6 is 0 Å². The van der Waals surface area contributed by atoms with E-state index < -0.39 is 6.16 Å². The first kappa shape index (κ1) is 9.23. The molecule has 59 valence electrons. The average Bonchev–Trinajstić information content (AvgIpc) is 1.89. The van der Waals surface area contributed by atoms with Crippen molar-refractivity contribution < 1.29 is 19.4 Å². The van der Waals surface area contributed by atoms with Crippen LogP contribution in [0.4, 0.5) is 4.79 Å². The second-order valence-corrected chi connectivity index (χ2v) is 1.53. The molecular weight excluding hydrogens is 136 g/mol. The van der Waals surface area contributed by atoms with Gasteiger partial charge in [-0.1, -0.05) is 0 Å². The van der Waals surface area contributed by atoms with Gasteiger partial charge in [0, 0.05) is 13.0 Å². The second kappa shape index (κ2) is 6.35. The van der Waals surface area contributed by atoms with Crippen LogP contribution in [0.5, 0.6) is 0 Å². The highest BCUT2D eigenvalue weighted by Crippen LogP contribution is 1.88. The van der Waals surface area contributed by atoms with Gasteiger partial charge < -0.3 is 14.6 Å². The Morgan fingerprint density at radius 1 is 1.70 bits per heavy atom. The lowest BCUT2D eigenvalue weighted by Gasteiger charge is -2.01. The molecule has 4 nitrogen and oxygen atoms in total. The quantitative estimate of drug-likeness (QED) is 0.470. The summed E-state index contributed by atoms with van der Waals surface area (Å²) in [6.45, 7) is 3.03. The molecular formula is C6H11O4. The minimum Gasteiger partial charge on any atom is -0.434 e. The van der Waals surface area contributed by atoms with E-state index in [4.69, 9.17) is 5.11 Å². The van der Waals surface area contributed by atoms with Gasteiger partial charge in [-0.2, -0.15) is 0 Å². The van der Waals surface area contributed by atoms with E-state index in [2.05, 4.69) is 9.47 Å². The smallest absolute Gasteiger partial charge is 0.434 e. The van der Waals surface area contributed by atoms with Crippen molar-refractivity contribution in [3.8, 4) is 0 Å². The molecule has 0 unspecified atom stereocenters. The van der Waals surface area contributed by atoms with Crippen LogP contribution in [0, 0.1) is 6.61 Å². The molecule has 0 saturated heterocycles. The lowest BCUT2D eigenvalue weighted by molar-refractivity contribution is 0.0698. The Kier molecular flexibility index (Phi) is 5.86. The summed E-state index contributed by atoms with van der Waals surface area (Å²) in [5, 5.41) is 8.27. The van der Waals surface area contributed by atoms with Gasteiger partial charge >= 0.3 is 6.16 Å². The summed E-state index contributed by atoms with van der Waals surface area (Å²) < 4.78 is 8.79. The molecule has 0 amide bonds. The van der Waals surface area contributed by atoms with Crippen molar-refractivity contribution in [3.05, 3.63) is 6.61 Å². The van der Waals surface area contributed by atoms with Gasteiger partial charge in [0.1, 0.15) is 6.61 Å². The maximum atomic E-state index is 10.4. The van der Waals surface area contributed by atoms with E-state index in [1.807, 2.05) is 0 Å². The number of carbonyl (C=O) groups is 1. The molecule has 4 heteroatoms. The minimum absolute atomic E-state index is 0.0170. The SMILES string of the molecule is C[CH]OC(=O)OCCCO. The van der Waals surface area contributed by atoms with E-state index in [0.29, 0.717) is 6.42 Å². The van der Waals surface area contributed by atoms with Gasteiger partial charge in [0.15, 0.2) is 0 Å². The van der Waals surface area contributed by atoms with Crippen molar-refractivity contribution in [1.82, 2.24) is 0 Å². The summed E-state index contributed by atoms with van der Waals surface area (Å²) in [6, 6.07) is 0. The van der Waals surface area contributed by atoms with Crippen molar-refractivity contribution in [1.29, 1.82) is 0 Å². The lowest BCUT2D eigenvalue weighted by atomic mass is 10.5. The molecule has 0 heterocycles. The fourth-order valence-electron chi connectivity index (χ4n) is 0.350. The molecule has 0 rings (SSSR count). The molecule has 1 radical (unpaired) electrons. The van der Waals surface area contributed by atoms with E-state index >= 15 is 0 Å². The number of hydrogen-bond donors (Lipinski definition) is 1. The first-order valence-corrected chi connectivity index (χ1v) is 3.03. The van der Waals surface area contributed by atoms with E-state index in [-0.39, 0.29) is 13.2 Å². The van der Waals surface area contributed by atoms with Crippen LogP contribution in [0.3, 0.4) is 0 Å². The zero-order valence-electron chi connectivity index (χ0n) is 5.87. The molecule has 0 bridgehead atoms. The van der Waals surface area contributed by atoms with Crippen molar-refractivity contribution in [2.24, 2.45) is 0 Å². The summed E-state index contributed by atoms with van der Waals surface area (Å²) in [5.74, 6) is 0. The molecule has 0 saturated carbocycles. The predicted molar refractivity (Wildman–Crippen MR) is 34.1 cm³/mol. The summed E-state index contributed by atoms with van der Waals surface area (Å²) in [4.78, 5) is 10.4. The first-order chi connectivity index (χ1) is 4.81. The van der Waals surface area contributed by atoms with E-state index in [0.717, 1.165) is 0 Å². The second-order valence-electron chi connectivity index (χ2n) is 1.53. The Balaban J connectivity index is 3.05. The van der Waals surface area contributed by atoms with Gasteiger partial charge in [0.25, 0.3) is 0 Å². The van der Waals surface area contributed by atoms with E-state index in [1.165, 1.54) is 6.61 Å². The van der Waals surface area contributed by atoms with Crippen LogP contribution in [0.1, 0.15) is 13.3 Å². The number of aliphatic hydroxyl groups is 1. The molecule has 10 heavy (non-hydrogen) atoms. The average molecular weight is 147 g/mol. The largest absolute Gasteiger partial charge is 0.508 e. The Morgan fingerprint density at radius 2 is 2.40 bits per heavy atom. The molecule has 0 aliphatic rings. The highest BCUT2D eigenvalue weighted by molar-refractivity contribution is 5.60. The zero-order chi connectivity index (χ0) is 7.82. The van der Waals surface area contributed by atoms with E-state index in [1.54, 1.807) is 6.92 Å². The van der Waals surface area contributed by atoms with Gasteiger partial charge in [-0.3, -0.25) is 0 Å². The third-order valence-corrected chi connectivity index (χ3v) is 0.736. The third-order valence-electron chi connectivity index (χ3n) is 0.736. The lowest BCUT2D eigenvalue weighted by Crippen LogP contribution is -2.06. The maximum Gasteiger partial charge on any atom is 0.508 e. The maximum absolute atomic E-state index is 10.4. The van der Waals surface area contributed by atoms with Crippen LogP contribution in [-0.2, 0) is 9.47 Å². The van der Waals surface area contributed by atoms with Crippen LogP contribution in [0.2, 0.25) is 0 Å². The molecule has 0 aromatic carbocycles. The van der Waals surface area contributed by atoms with E-state index in [9.17, 15) is 4.79 Å². The summed E-state index contributed by atoms with van der Waals surface area (Å²) >= 11 is 0. The number of rotatable bonds is 4. The normalized spacial score (nSPS) is 9.00. The summed E-state index contributed by atoms with van der Waals surface area (Å²) in [7, 11) is 0. The molecule has 0 spiro atoms. The van der Waals surface area contributed by atoms with Crippen molar-refractivity contribution in [3.63, 3.8) is 0 Å². The van der Waals surface area contributed by atoms with Crippen molar-refractivity contribution in [2.75, 3.05) is 13.2 Å². The van der Waals surface area contributed by atoms with Crippen LogP contribution < -0.4 is 0 Å². The Hall–Kier alpha value is -0.770. The predicted octanol–water partition coefficient (Wildman–Crippen LogP) is 0.704. The Morgan fingerprint density at radius 3 is 2.90 bits per heavy atom. The number of ether oxygens (including phenoxy) is 2. The van der Waals surface area contributed by atoms with Gasteiger partial charge in [-0.05, 0) is 6.92 Å². The third kappa shape index (κ3) is 5.37. The molecule has 0 fully saturated rings. The zero-order valence-corrected chi connectivity index (χ0v) is 5.87. The molecule has 0 aromatic heterocycles. The highest BCUT2D eigenvalue weighted by Gasteiger charge is 1.99. The monoisotopic (exact) mass is 147 g/mol. The van der Waals surface area contributed by atoms with Crippen molar-refractivity contribution in [2.45, 2.75) is 13.3 Å². The van der Waals surface area contributed by atoms with Crippen LogP contribution in [0.15, 0.2) is 0 Å². The Bertz CT molecular complexity index is 91.7. The van der Waals surface area contributed by atoms with Crippen LogP contribution in [-0.4, -0.2) is 24.5 Å². The molecule has 0 atom stereocenters. The molecule has 0 aliphatic carbocycles. The minimum atomic E-state index is -0.726. The summed E-state index contributed by atoms with van der Waals surface area (Å²) in [6.07, 6.45) is -0.283. The highest BCUT2D eigenvalue weighted by atomic mass is 16.7. The fourth-order valence-corrected chi connectivity index (χ4v) is 0.350.